The molecule has 0 spiro atoms. The van der Waals surface area contributed by atoms with Crippen molar-refractivity contribution >= 4 is 27.2 Å². The highest BCUT2D eigenvalue weighted by Gasteiger charge is 2.38. The van der Waals surface area contributed by atoms with E-state index in [0.717, 1.165) is 6.26 Å². The highest BCUT2D eigenvalue weighted by Crippen LogP contribution is 2.39. The number of carbonyl (C=O) groups is 2. The Bertz CT molecular complexity index is 1080. The van der Waals surface area contributed by atoms with Crippen molar-refractivity contribution in [1.82, 2.24) is 0 Å². The zero-order valence-corrected chi connectivity index (χ0v) is 18.5. The van der Waals surface area contributed by atoms with Crippen molar-refractivity contribution in [3.05, 3.63) is 46.9 Å². The smallest absolute Gasteiger partial charge is 0.294 e. The first-order valence-electron chi connectivity index (χ1n) is 9.61. The number of benzene rings is 1. The average Bonchev–Trinajstić information content (AvgIpc) is 2.89. The summed E-state index contributed by atoms with van der Waals surface area (Å²) in [6.45, 7) is 9.51. The summed E-state index contributed by atoms with van der Waals surface area (Å²) in [6.07, 6.45) is 2.17. The molecule has 1 aliphatic rings. The number of furan rings is 1. The van der Waals surface area contributed by atoms with E-state index in [4.69, 9.17) is 4.42 Å². The number of hydrogen-bond acceptors (Lipinski definition) is 5. The molecule has 156 valence electrons. The third-order valence-electron chi connectivity index (χ3n) is 5.25. The van der Waals surface area contributed by atoms with Crippen LogP contribution in [0, 0.1) is 12.3 Å². The minimum absolute atomic E-state index is 0.00477. The van der Waals surface area contributed by atoms with Gasteiger partial charge in [-0.2, -0.15) is 0 Å². The topological polar surface area (TPSA) is 84.7 Å². The van der Waals surface area contributed by atoms with Crippen LogP contribution in [0.1, 0.15) is 66.4 Å². The third-order valence-corrected chi connectivity index (χ3v) is 6.38. The van der Waals surface area contributed by atoms with E-state index in [0.29, 0.717) is 35.4 Å². The number of anilines is 1. The van der Waals surface area contributed by atoms with E-state index in [2.05, 4.69) is 0 Å². The fraction of sp³-hybridized carbons (Fsp3) is 0.455. The molecule has 7 heteroatoms. The zero-order chi connectivity index (χ0) is 21.7. The first kappa shape index (κ1) is 21.3. The van der Waals surface area contributed by atoms with E-state index in [-0.39, 0.29) is 33.8 Å². The monoisotopic (exact) mass is 417 g/mol. The first-order chi connectivity index (χ1) is 13.3. The number of amides is 1. The van der Waals surface area contributed by atoms with Crippen molar-refractivity contribution in [1.29, 1.82) is 0 Å². The molecule has 0 atom stereocenters. The molecular formula is C22H27NO5S. The van der Waals surface area contributed by atoms with Crippen LogP contribution in [0.5, 0.6) is 0 Å². The molecule has 0 bridgehead atoms. The lowest BCUT2D eigenvalue weighted by atomic mass is 9.76. The Labute approximate surface area is 171 Å². The SMILES string of the molecule is Cc1c(C(=O)N(c2ccc(S(C)(=O)=O)cc2)C(C)C)oc2c1C(=O)CC(C)(C)C2. The van der Waals surface area contributed by atoms with Crippen LogP contribution in [0.15, 0.2) is 33.6 Å². The van der Waals surface area contributed by atoms with E-state index in [1.165, 1.54) is 12.1 Å². The van der Waals surface area contributed by atoms with Gasteiger partial charge in [-0.15, -0.1) is 0 Å². The average molecular weight is 418 g/mol. The second kappa shape index (κ2) is 7.13. The molecule has 0 aliphatic heterocycles. The summed E-state index contributed by atoms with van der Waals surface area (Å²) in [6, 6.07) is 6.00. The van der Waals surface area contributed by atoms with Gasteiger partial charge < -0.3 is 9.32 Å². The van der Waals surface area contributed by atoms with Crippen LogP contribution < -0.4 is 4.90 Å². The lowest BCUT2D eigenvalue weighted by Gasteiger charge is -2.27. The minimum Gasteiger partial charge on any atom is -0.455 e. The molecule has 0 saturated heterocycles. The Kier molecular flexibility index (Phi) is 5.24. The largest absolute Gasteiger partial charge is 0.455 e. The van der Waals surface area contributed by atoms with E-state index in [9.17, 15) is 18.0 Å². The molecule has 0 radical (unpaired) electrons. The Morgan fingerprint density at radius 3 is 2.24 bits per heavy atom. The van der Waals surface area contributed by atoms with Gasteiger partial charge in [-0.3, -0.25) is 9.59 Å². The predicted molar refractivity (Wildman–Crippen MR) is 111 cm³/mol. The zero-order valence-electron chi connectivity index (χ0n) is 17.7. The molecule has 0 unspecified atom stereocenters. The maximum Gasteiger partial charge on any atom is 0.294 e. The molecule has 1 heterocycles. The number of carbonyl (C=O) groups excluding carboxylic acids is 2. The van der Waals surface area contributed by atoms with Crippen LogP contribution in [0.3, 0.4) is 0 Å². The molecule has 3 rings (SSSR count). The van der Waals surface area contributed by atoms with Crippen LogP contribution in [0.2, 0.25) is 0 Å². The van der Waals surface area contributed by atoms with E-state index in [1.807, 2.05) is 27.7 Å². The molecule has 1 aromatic carbocycles. The summed E-state index contributed by atoms with van der Waals surface area (Å²) < 4.78 is 29.4. The molecule has 0 N–H and O–H groups in total. The Morgan fingerprint density at radius 2 is 1.72 bits per heavy atom. The lowest BCUT2D eigenvalue weighted by molar-refractivity contribution is 0.0895. The second-order valence-corrected chi connectivity index (χ2v) is 10.8. The van der Waals surface area contributed by atoms with Crippen LogP contribution in [0.4, 0.5) is 5.69 Å². The first-order valence-corrected chi connectivity index (χ1v) is 11.5. The van der Waals surface area contributed by atoms with Crippen molar-refractivity contribution < 1.29 is 22.4 Å². The molecule has 1 aromatic heterocycles. The van der Waals surface area contributed by atoms with Crippen LogP contribution in [-0.2, 0) is 16.3 Å². The molecular weight excluding hydrogens is 390 g/mol. The van der Waals surface area contributed by atoms with Crippen molar-refractivity contribution in [2.24, 2.45) is 5.41 Å². The molecule has 2 aromatic rings. The highest BCUT2D eigenvalue weighted by molar-refractivity contribution is 7.90. The highest BCUT2D eigenvalue weighted by atomic mass is 32.2. The predicted octanol–water partition coefficient (Wildman–Crippen LogP) is 4.20. The van der Waals surface area contributed by atoms with Crippen LogP contribution in [0.25, 0.3) is 0 Å². The van der Waals surface area contributed by atoms with E-state index >= 15 is 0 Å². The van der Waals surface area contributed by atoms with Gasteiger partial charge in [0.25, 0.3) is 5.91 Å². The standard InChI is InChI=1S/C22H27NO5S/c1-13(2)23(15-7-9-16(10-8-15)29(6,26)27)21(25)20-14(3)19-17(24)11-22(4,5)12-18(19)28-20/h7-10,13H,11-12H2,1-6H3. The van der Waals surface area contributed by atoms with Gasteiger partial charge in [-0.05, 0) is 50.5 Å². The van der Waals surface area contributed by atoms with E-state index in [1.54, 1.807) is 24.0 Å². The lowest BCUT2D eigenvalue weighted by Crippen LogP contribution is -2.37. The van der Waals surface area contributed by atoms with Crippen molar-refractivity contribution in [2.75, 3.05) is 11.2 Å². The number of Topliss-reactive ketones (excluding diaryl/α,β-unsaturated/α-hetero) is 1. The number of hydrogen-bond donors (Lipinski definition) is 0. The Morgan fingerprint density at radius 1 is 1.14 bits per heavy atom. The summed E-state index contributed by atoms with van der Waals surface area (Å²) in [5, 5.41) is 0. The normalized spacial score (nSPS) is 16.0. The van der Waals surface area contributed by atoms with Crippen LogP contribution in [-0.4, -0.2) is 32.4 Å². The summed E-state index contributed by atoms with van der Waals surface area (Å²) in [7, 11) is -3.32. The molecule has 29 heavy (non-hydrogen) atoms. The molecule has 1 aliphatic carbocycles. The molecule has 0 fully saturated rings. The van der Waals surface area contributed by atoms with E-state index < -0.39 is 9.84 Å². The van der Waals surface area contributed by atoms with Gasteiger partial charge in [-0.25, -0.2) is 8.42 Å². The second-order valence-electron chi connectivity index (χ2n) is 8.83. The fourth-order valence-corrected chi connectivity index (χ4v) is 4.53. The summed E-state index contributed by atoms with van der Waals surface area (Å²) in [4.78, 5) is 27.7. The Balaban J connectivity index is 2.03. The summed E-state index contributed by atoms with van der Waals surface area (Å²) in [5.74, 6) is 0.403. The Hall–Kier alpha value is -2.41. The summed E-state index contributed by atoms with van der Waals surface area (Å²) >= 11 is 0. The molecule has 0 saturated carbocycles. The molecule has 6 nitrogen and oxygen atoms in total. The molecule has 1 amide bonds. The van der Waals surface area contributed by atoms with Gasteiger partial charge in [0, 0.05) is 36.4 Å². The van der Waals surface area contributed by atoms with Gasteiger partial charge in [-0.1, -0.05) is 13.8 Å². The van der Waals surface area contributed by atoms with Crippen LogP contribution >= 0.6 is 0 Å². The van der Waals surface area contributed by atoms with Gasteiger partial charge in [0.15, 0.2) is 21.4 Å². The number of nitrogens with zero attached hydrogens (tertiary/aromatic N) is 1. The number of fused-ring (bicyclic) bond motifs is 1. The minimum atomic E-state index is -3.32. The van der Waals surface area contributed by atoms with Gasteiger partial charge >= 0.3 is 0 Å². The fourth-order valence-electron chi connectivity index (χ4n) is 3.90. The van der Waals surface area contributed by atoms with Crippen molar-refractivity contribution in [3.8, 4) is 0 Å². The summed E-state index contributed by atoms with van der Waals surface area (Å²) in [5.41, 5.74) is 1.47. The number of sulfone groups is 1. The quantitative estimate of drug-likeness (QED) is 0.744. The maximum atomic E-state index is 13.4. The number of ketones is 1. The number of rotatable bonds is 4. The van der Waals surface area contributed by atoms with Gasteiger partial charge in [0.2, 0.25) is 0 Å². The maximum absolute atomic E-state index is 13.4. The van der Waals surface area contributed by atoms with Crippen molar-refractivity contribution in [2.45, 2.75) is 58.4 Å². The third kappa shape index (κ3) is 4.01. The van der Waals surface area contributed by atoms with Crippen molar-refractivity contribution in [3.63, 3.8) is 0 Å². The van der Waals surface area contributed by atoms with Gasteiger partial charge in [0.05, 0.1) is 10.5 Å². The van der Waals surface area contributed by atoms with Gasteiger partial charge in [0.1, 0.15) is 5.76 Å².